The van der Waals surface area contributed by atoms with Crippen molar-refractivity contribution in [3.8, 4) is 6.07 Å². The summed E-state index contributed by atoms with van der Waals surface area (Å²) in [5, 5.41) is 9.65. The number of nitrogens with one attached hydrogen (secondary N) is 1. The molecule has 1 aliphatic rings. The van der Waals surface area contributed by atoms with E-state index in [1.165, 1.54) is 11.3 Å². The van der Waals surface area contributed by atoms with Gasteiger partial charge in [0.05, 0.1) is 29.8 Å². The average Bonchev–Trinajstić information content (AvgIpc) is 3.09. The van der Waals surface area contributed by atoms with Crippen molar-refractivity contribution < 1.29 is 4.74 Å². The molecule has 0 radical (unpaired) electrons. The molecule has 0 unspecified atom stereocenters. The lowest BCUT2D eigenvalue weighted by atomic mass is 10.1. The Hall–Kier alpha value is -3.10. The number of benzene rings is 2. The van der Waals surface area contributed by atoms with Crippen LogP contribution in [0.4, 0.5) is 5.69 Å². The first-order chi connectivity index (χ1) is 13.1. The topological polar surface area (TPSA) is 64.9 Å². The van der Waals surface area contributed by atoms with Crippen molar-refractivity contribution in [1.29, 1.82) is 5.26 Å². The second kappa shape index (κ2) is 7.26. The Balaban J connectivity index is 1.65. The molecule has 1 saturated heterocycles. The molecule has 136 valence electrons. The maximum absolute atomic E-state index is 9.65. The summed E-state index contributed by atoms with van der Waals surface area (Å²) in [6, 6.07) is 14.6. The molecule has 1 N–H and O–H groups in total. The lowest BCUT2D eigenvalue weighted by Crippen LogP contribution is -2.36. The van der Waals surface area contributed by atoms with Gasteiger partial charge < -0.3 is 14.6 Å². The maximum Gasteiger partial charge on any atom is 0.149 e. The number of rotatable bonds is 3. The summed E-state index contributed by atoms with van der Waals surface area (Å²) in [5.74, 6) is 0.605. The van der Waals surface area contributed by atoms with Crippen LogP contribution in [0.25, 0.3) is 22.7 Å². The van der Waals surface area contributed by atoms with Gasteiger partial charge in [-0.3, -0.25) is 0 Å². The van der Waals surface area contributed by atoms with Gasteiger partial charge in [0, 0.05) is 18.8 Å². The summed E-state index contributed by atoms with van der Waals surface area (Å²) in [6.45, 7) is 7.52. The Bertz CT molecular complexity index is 1050. The third kappa shape index (κ3) is 3.57. The van der Waals surface area contributed by atoms with Gasteiger partial charge >= 0.3 is 0 Å². The fourth-order valence-electron chi connectivity index (χ4n) is 3.50. The molecule has 3 aromatic rings. The molecule has 1 aliphatic heterocycles. The van der Waals surface area contributed by atoms with Crippen LogP contribution in [-0.2, 0) is 4.74 Å². The zero-order chi connectivity index (χ0) is 18.8. The van der Waals surface area contributed by atoms with Crippen molar-refractivity contribution >= 4 is 28.4 Å². The molecule has 0 amide bonds. The number of hydrogen-bond donors (Lipinski definition) is 1. The summed E-state index contributed by atoms with van der Waals surface area (Å²) in [4.78, 5) is 10.2. The van der Waals surface area contributed by atoms with Crippen LogP contribution in [0.1, 0.15) is 22.5 Å². The van der Waals surface area contributed by atoms with E-state index in [1.54, 1.807) is 0 Å². The van der Waals surface area contributed by atoms with Gasteiger partial charge in [-0.25, -0.2) is 4.98 Å². The molecule has 5 heteroatoms. The highest BCUT2D eigenvalue weighted by atomic mass is 16.5. The fraction of sp³-hybridized carbons (Fsp3) is 0.273. The molecule has 2 aromatic carbocycles. The number of imidazole rings is 1. The summed E-state index contributed by atoms with van der Waals surface area (Å²) in [7, 11) is 0. The number of morpholine rings is 1. The number of nitriles is 1. The molecule has 1 aromatic heterocycles. The molecule has 27 heavy (non-hydrogen) atoms. The maximum atomic E-state index is 9.65. The highest BCUT2D eigenvalue weighted by Gasteiger charge is 2.14. The smallest absolute Gasteiger partial charge is 0.149 e. The van der Waals surface area contributed by atoms with Gasteiger partial charge in [0.15, 0.2) is 0 Å². The molecule has 5 nitrogen and oxygen atoms in total. The van der Waals surface area contributed by atoms with E-state index in [0.29, 0.717) is 11.4 Å². The van der Waals surface area contributed by atoms with Gasteiger partial charge in [-0.1, -0.05) is 12.1 Å². The molecule has 0 saturated carbocycles. The predicted molar refractivity (Wildman–Crippen MR) is 109 cm³/mol. The lowest BCUT2D eigenvalue weighted by molar-refractivity contribution is 0.122. The van der Waals surface area contributed by atoms with E-state index >= 15 is 0 Å². The average molecular weight is 358 g/mol. The number of allylic oxidation sites excluding steroid dienone is 1. The Kier molecular flexibility index (Phi) is 4.66. The third-order valence-corrected chi connectivity index (χ3v) is 4.90. The van der Waals surface area contributed by atoms with Crippen LogP contribution < -0.4 is 4.90 Å². The molecule has 1 fully saturated rings. The first kappa shape index (κ1) is 17.3. The Labute approximate surface area is 158 Å². The minimum atomic E-state index is 0.530. The minimum absolute atomic E-state index is 0.530. The second-order valence-corrected chi connectivity index (χ2v) is 6.92. The van der Waals surface area contributed by atoms with Crippen LogP contribution in [0, 0.1) is 25.2 Å². The molecular formula is C22H22N4O. The van der Waals surface area contributed by atoms with Crippen LogP contribution in [0.5, 0.6) is 0 Å². The van der Waals surface area contributed by atoms with Crippen molar-refractivity contribution in [1.82, 2.24) is 9.97 Å². The Morgan fingerprint density at radius 2 is 2.00 bits per heavy atom. The first-order valence-corrected chi connectivity index (χ1v) is 9.16. The normalized spacial score (nSPS) is 15.1. The number of fused-ring (bicyclic) bond motifs is 1. The van der Waals surface area contributed by atoms with Crippen molar-refractivity contribution in [3.63, 3.8) is 0 Å². The number of nitrogens with zero attached hydrogens (tertiary/aromatic N) is 3. The minimum Gasteiger partial charge on any atom is -0.378 e. The van der Waals surface area contributed by atoms with Gasteiger partial charge in [-0.15, -0.1) is 0 Å². The van der Waals surface area contributed by atoms with E-state index in [4.69, 9.17) is 4.74 Å². The Morgan fingerprint density at radius 1 is 1.19 bits per heavy atom. The zero-order valence-corrected chi connectivity index (χ0v) is 15.6. The van der Waals surface area contributed by atoms with E-state index in [1.807, 2.05) is 31.2 Å². The summed E-state index contributed by atoms with van der Waals surface area (Å²) in [6.07, 6.45) is 1.89. The van der Waals surface area contributed by atoms with Gasteiger partial charge in [-0.05, 0) is 60.9 Å². The van der Waals surface area contributed by atoms with E-state index < -0.39 is 0 Å². The molecule has 0 spiro atoms. The van der Waals surface area contributed by atoms with Crippen molar-refractivity contribution in [2.45, 2.75) is 13.8 Å². The number of aromatic nitrogens is 2. The highest BCUT2D eigenvalue weighted by molar-refractivity contribution is 5.90. The molecule has 2 heterocycles. The number of anilines is 1. The van der Waals surface area contributed by atoms with Crippen LogP contribution in [0.2, 0.25) is 0 Å². The highest BCUT2D eigenvalue weighted by Crippen LogP contribution is 2.25. The number of hydrogen-bond acceptors (Lipinski definition) is 4. The molecule has 0 atom stereocenters. The van der Waals surface area contributed by atoms with Crippen LogP contribution >= 0.6 is 0 Å². The van der Waals surface area contributed by atoms with E-state index in [2.05, 4.69) is 46.1 Å². The number of H-pyrrole nitrogens is 1. The summed E-state index contributed by atoms with van der Waals surface area (Å²) >= 11 is 0. The van der Waals surface area contributed by atoms with Gasteiger partial charge in [-0.2, -0.15) is 5.26 Å². The largest absolute Gasteiger partial charge is 0.378 e. The molecule has 4 rings (SSSR count). The van der Waals surface area contributed by atoms with Gasteiger partial charge in [0.25, 0.3) is 0 Å². The van der Waals surface area contributed by atoms with Crippen LogP contribution in [-0.4, -0.2) is 36.3 Å². The zero-order valence-electron chi connectivity index (χ0n) is 15.6. The quantitative estimate of drug-likeness (QED) is 0.717. The summed E-state index contributed by atoms with van der Waals surface area (Å²) < 4.78 is 5.44. The van der Waals surface area contributed by atoms with Crippen LogP contribution in [0.15, 0.2) is 36.4 Å². The first-order valence-electron chi connectivity index (χ1n) is 9.16. The number of aryl methyl sites for hydroxylation is 2. The number of aromatic amines is 1. The molecular weight excluding hydrogens is 336 g/mol. The van der Waals surface area contributed by atoms with Crippen molar-refractivity contribution in [2.75, 3.05) is 31.2 Å². The van der Waals surface area contributed by atoms with E-state index in [-0.39, 0.29) is 0 Å². The van der Waals surface area contributed by atoms with Gasteiger partial charge in [0.1, 0.15) is 11.9 Å². The SMILES string of the molecule is Cc1ccc2nc(/C(C#N)=C\c3ccc(N4CCOCC4)c(C)c3)[nH]c2c1. The monoisotopic (exact) mass is 358 g/mol. The van der Waals surface area contributed by atoms with Crippen molar-refractivity contribution in [2.24, 2.45) is 0 Å². The van der Waals surface area contributed by atoms with Crippen LogP contribution in [0.3, 0.4) is 0 Å². The Morgan fingerprint density at radius 3 is 2.74 bits per heavy atom. The lowest BCUT2D eigenvalue weighted by Gasteiger charge is -2.30. The predicted octanol–water partition coefficient (Wildman–Crippen LogP) is 4.08. The third-order valence-electron chi connectivity index (χ3n) is 4.90. The standard InChI is InChI=1S/C22H22N4O/c1-15-3-5-19-20(11-15)25-22(24-19)18(14-23)13-17-4-6-21(16(2)12-17)26-7-9-27-10-8-26/h3-6,11-13H,7-10H2,1-2H3,(H,24,25)/b18-13-. The molecule has 0 bridgehead atoms. The second-order valence-electron chi connectivity index (χ2n) is 6.92. The van der Waals surface area contributed by atoms with Crippen molar-refractivity contribution in [3.05, 3.63) is 58.9 Å². The number of ether oxygens (including phenoxy) is 1. The van der Waals surface area contributed by atoms with E-state index in [9.17, 15) is 5.26 Å². The molecule has 0 aliphatic carbocycles. The van der Waals surface area contributed by atoms with Gasteiger partial charge in [0.2, 0.25) is 0 Å². The summed E-state index contributed by atoms with van der Waals surface area (Å²) in [5.41, 5.74) is 6.94. The fourth-order valence-corrected chi connectivity index (χ4v) is 3.50. The van der Waals surface area contributed by atoms with E-state index in [0.717, 1.165) is 48.5 Å².